The fraction of sp³-hybridized carbons (Fsp3) is 0.375. The van der Waals surface area contributed by atoms with Gasteiger partial charge in [0.1, 0.15) is 11.5 Å². The highest BCUT2D eigenvalue weighted by molar-refractivity contribution is 5.62. The molecule has 1 aliphatic heterocycles. The number of rotatable bonds is 2. The number of aldehydes is 1. The van der Waals surface area contributed by atoms with Crippen LogP contribution in [0.1, 0.15) is 6.92 Å². The van der Waals surface area contributed by atoms with Crippen LogP contribution in [0.4, 0.5) is 4.39 Å². The van der Waals surface area contributed by atoms with Crippen molar-refractivity contribution in [3.05, 3.63) is 24.2 Å². The first-order valence-electron chi connectivity index (χ1n) is 3.62. The first-order chi connectivity index (χ1) is 5.56. The highest BCUT2D eigenvalue weighted by Crippen LogP contribution is 2.13. The largest absolute Gasteiger partial charge is 0.350 e. The Bertz CT molecular complexity index is 245. The average Bonchev–Trinajstić information content (AvgIpc) is 2.05. The van der Waals surface area contributed by atoms with Gasteiger partial charge in [-0.05, 0) is 19.1 Å². The second kappa shape index (κ2) is 3.06. The van der Waals surface area contributed by atoms with Crippen LogP contribution in [0.3, 0.4) is 0 Å². The Morgan fingerprint density at radius 1 is 1.83 bits per heavy atom. The van der Waals surface area contributed by atoms with Gasteiger partial charge in [0.2, 0.25) is 0 Å². The van der Waals surface area contributed by atoms with Crippen molar-refractivity contribution < 1.29 is 9.18 Å². The van der Waals surface area contributed by atoms with E-state index in [1.54, 1.807) is 11.8 Å². The molecule has 0 aliphatic carbocycles. The van der Waals surface area contributed by atoms with Crippen LogP contribution in [0.5, 0.6) is 0 Å². The summed E-state index contributed by atoms with van der Waals surface area (Å²) in [5.41, 5.74) is 4.54. The van der Waals surface area contributed by atoms with Crippen molar-refractivity contribution in [2.24, 2.45) is 5.73 Å². The second-order valence-electron chi connectivity index (χ2n) is 2.90. The second-order valence-corrected chi connectivity index (χ2v) is 2.90. The van der Waals surface area contributed by atoms with E-state index in [2.05, 4.69) is 0 Å². The van der Waals surface area contributed by atoms with Crippen molar-refractivity contribution >= 4 is 6.29 Å². The highest BCUT2D eigenvalue weighted by atomic mass is 19.1. The van der Waals surface area contributed by atoms with E-state index >= 15 is 0 Å². The Morgan fingerprint density at radius 3 is 2.92 bits per heavy atom. The summed E-state index contributed by atoms with van der Waals surface area (Å²) in [6.07, 6.45) is 4.75. The molecule has 0 aromatic heterocycles. The first kappa shape index (κ1) is 8.93. The topological polar surface area (TPSA) is 46.3 Å². The predicted molar refractivity (Wildman–Crippen MR) is 43.7 cm³/mol. The van der Waals surface area contributed by atoms with Gasteiger partial charge < -0.3 is 10.6 Å². The third kappa shape index (κ3) is 1.71. The summed E-state index contributed by atoms with van der Waals surface area (Å²) in [6.45, 7) is 1.90. The van der Waals surface area contributed by atoms with Crippen molar-refractivity contribution in [2.45, 2.75) is 12.6 Å². The molecule has 0 saturated heterocycles. The quantitative estimate of drug-likeness (QED) is 0.615. The maximum Gasteiger partial charge on any atom is 0.159 e. The number of allylic oxidation sites excluding steroid dienone is 2. The van der Waals surface area contributed by atoms with E-state index in [1.165, 1.54) is 18.4 Å². The molecular formula is C8H11FN2O. The smallest absolute Gasteiger partial charge is 0.159 e. The molecule has 0 radical (unpaired) electrons. The molecule has 0 unspecified atom stereocenters. The molecule has 4 heteroatoms. The van der Waals surface area contributed by atoms with E-state index in [1.807, 2.05) is 0 Å². The monoisotopic (exact) mass is 170 g/mol. The summed E-state index contributed by atoms with van der Waals surface area (Å²) in [6, 6.07) is 0. The van der Waals surface area contributed by atoms with Crippen molar-refractivity contribution in [1.29, 1.82) is 0 Å². The van der Waals surface area contributed by atoms with Crippen LogP contribution in [0, 0.1) is 0 Å². The Balaban J connectivity index is 2.70. The van der Waals surface area contributed by atoms with Crippen molar-refractivity contribution in [2.75, 3.05) is 6.54 Å². The van der Waals surface area contributed by atoms with E-state index in [0.717, 1.165) is 0 Å². The van der Waals surface area contributed by atoms with Crippen LogP contribution in [0.25, 0.3) is 0 Å². The van der Waals surface area contributed by atoms with Crippen molar-refractivity contribution in [3.8, 4) is 0 Å². The van der Waals surface area contributed by atoms with Crippen LogP contribution in [-0.2, 0) is 4.79 Å². The molecule has 0 bridgehead atoms. The summed E-state index contributed by atoms with van der Waals surface area (Å²) >= 11 is 0. The zero-order chi connectivity index (χ0) is 9.19. The number of nitrogens with zero attached hydrogens (tertiary/aromatic N) is 1. The molecule has 0 aromatic rings. The Kier molecular flexibility index (Phi) is 2.28. The Hall–Kier alpha value is -1.16. The zero-order valence-electron chi connectivity index (χ0n) is 6.83. The lowest BCUT2D eigenvalue weighted by atomic mass is 10.2. The van der Waals surface area contributed by atoms with Gasteiger partial charge in [-0.1, -0.05) is 0 Å². The number of hydrogen-bond donors (Lipinski definition) is 1. The van der Waals surface area contributed by atoms with Crippen LogP contribution >= 0.6 is 0 Å². The molecule has 1 heterocycles. The summed E-state index contributed by atoms with van der Waals surface area (Å²) in [4.78, 5) is 12.1. The predicted octanol–water partition coefficient (Wildman–Crippen LogP) is 0.543. The van der Waals surface area contributed by atoms with Gasteiger partial charge in [0, 0.05) is 12.7 Å². The summed E-state index contributed by atoms with van der Waals surface area (Å²) in [5, 5.41) is 0. The fourth-order valence-electron chi connectivity index (χ4n) is 0.901. The fourth-order valence-corrected chi connectivity index (χ4v) is 0.901. The van der Waals surface area contributed by atoms with Gasteiger partial charge in [0.25, 0.3) is 0 Å². The minimum Gasteiger partial charge on any atom is -0.350 e. The summed E-state index contributed by atoms with van der Waals surface area (Å²) in [7, 11) is 0. The van der Waals surface area contributed by atoms with Crippen molar-refractivity contribution in [3.63, 3.8) is 0 Å². The van der Waals surface area contributed by atoms with Crippen LogP contribution in [0.2, 0.25) is 0 Å². The number of carbonyl (C=O) groups is 1. The minimum atomic E-state index is -1.05. The third-order valence-corrected chi connectivity index (χ3v) is 1.75. The van der Waals surface area contributed by atoms with Gasteiger partial charge in [-0.2, -0.15) is 0 Å². The van der Waals surface area contributed by atoms with Crippen LogP contribution < -0.4 is 5.73 Å². The van der Waals surface area contributed by atoms with Gasteiger partial charge in [0.05, 0.1) is 0 Å². The van der Waals surface area contributed by atoms with E-state index < -0.39 is 5.66 Å². The van der Waals surface area contributed by atoms with Gasteiger partial charge in [-0.3, -0.25) is 4.79 Å². The molecule has 0 saturated carbocycles. The molecule has 3 nitrogen and oxygen atoms in total. The molecule has 12 heavy (non-hydrogen) atoms. The lowest BCUT2D eigenvalue weighted by molar-refractivity contribution is -0.115. The summed E-state index contributed by atoms with van der Waals surface area (Å²) < 4.78 is 12.5. The molecular weight excluding hydrogens is 159 g/mol. The lowest BCUT2D eigenvalue weighted by Gasteiger charge is -2.33. The van der Waals surface area contributed by atoms with E-state index in [-0.39, 0.29) is 5.83 Å². The average molecular weight is 170 g/mol. The molecule has 1 rings (SSSR count). The summed E-state index contributed by atoms with van der Waals surface area (Å²) in [5.74, 6) is -0.298. The molecule has 66 valence electrons. The molecule has 1 atom stereocenters. The van der Waals surface area contributed by atoms with Gasteiger partial charge in [0.15, 0.2) is 6.29 Å². The van der Waals surface area contributed by atoms with Gasteiger partial charge >= 0.3 is 0 Å². The maximum absolute atomic E-state index is 12.5. The molecule has 0 fully saturated rings. The van der Waals surface area contributed by atoms with Gasteiger partial charge in [-0.15, -0.1) is 0 Å². The maximum atomic E-state index is 12.5. The minimum absolute atomic E-state index is 0.298. The van der Waals surface area contributed by atoms with Crippen LogP contribution in [0.15, 0.2) is 24.2 Å². The molecule has 2 N–H and O–H groups in total. The lowest BCUT2D eigenvalue weighted by Crippen LogP contribution is -2.53. The van der Waals surface area contributed by atoms with Gasteiger partial charge in [-0.25, -0.2) is 4.39 Å². The number of hydrogen-bond acceptors (Lipinski definition) is 3. The van der Waals surface area contributed by atoms with E-state index in [9.17, 15) is 9.18 Å². The highest BCUT2D eigenvalue weighted by Gasteiger charge is 2.24. The SMILES string of the molecule is C[C@](N)(C=O)N1C=CC(F)=CC1. The number of halogens is 1. The standard InChI is InChI=1S/C8H11FN2O/c1-8(10,6-12)11-4-2-7(9)3-5-11/h2-4,6H,5,10H2,1H3/t8-/m1/s1. The van der Waals surface area contributed by atoms with E-state index in [0.29, 0.717) is 12.8 Å². The molecule has 1 aliphatic rings. The molecule has 0 spiro atoms. The number of nitrogens with two attached hydrogens (primary N) is 1. The Morgan fingerprint density at radius 2 is 2.50 bits per heavy atom. The Labute approximate surface area is 70.3 Å². The van der Waals surface area contributed by atoms with Crippen LogP contribution in [-0.4, -0.2) is 23.4 Å². The third-order valence-electron chi connectivity index (χ3n) is 1.75. The number of carbonyl (C=O) groups excluding carboxylic acids is 1. The molecule has 0 aromatic carbocycles. The van der Waals surface area contributed by atoms with E-state index in [4.69, 9.17) is 5.73 Å². The van der Waals surface area contributed by atoms with Crippen molar-refractivity contribution in [1.82, 2.24) is 4.90 Å². The first-order valence-corrected chi connectivity index (χ1v) is 3.62. The normalized spacial score (nSPS) is 21.6. The molecule has 0 amide bonds. The zero-order valence-corrected chi connectivity index (χ0v) is 6.83.